The highest BCUT2D eigenvalue weighted by atomic mass is 16.5. The molecule has 7 heteroatoms. The zero-order valence-electron chi connectivity index (χ0n) is 24.9. The predicted molar refractivity (Wildman–Crippen MR) is 167 cm³/mol. The molecule has 0 bridgehead atoms. The molecule has 1 aliphatic rings. The number of amides is 3. The Balaban J connectivity index is 1.54. The molecule has 0 fully saturated rings. The molecule has 0 spiro atoms. The molecule has 0 saturated carbocycles. The summed E-state index contributed by atoms with van der Waals surface area (Å²) in [7, 11) is 3.22. The molecule has 44 heavy (non-hydrogen) atoms. The lowest BCUT2D eigenvalue weighted by molar-refractivity contribution is -0.143. The SMILES string of the molecule is [CH2][C@@H](COC(c1ccccc1)(c1ccc(OC)cc1)c1ccc(OC)cc1)[C@H]1C=C(C)C(=O)N(C(=O)c2ccccc2)C1=O. The van der Waals surface area contributed by atoms with Crippen LogP contribution in [-0.4, -0.2) is 43.4 Å². The number of carbonyl (C=O) groups is 3. The molecule has 1 aliphatic heterocycles. The van der Waals surface area contributed by atoms with E-state index in [-0.39, 0.29) is 12.2 Å². The molecule has 3 amide bonds. The molecule has 0 N–H and O–H groups in total. The van der Waals surface area contributed by atoms with Crippen LogP contribution in [0, 0.1) is 18.8 Å². The third-order valence-corrected chi connectivity index (χ3v) is 7.89. The van der Waals surface area contributed by atoms with E-state index in [1.807, 2.05) is 78.9 Å². The Morgan fingerprint density at radius 1 is 0.773 bits per heavy atom. The highest BCUT2D eigenvalue weighted by Gasteiger charge is 2.43. The Labute approximate surface area is 257 Å². The van der Waals surface area contributed by atoms with Gasteiger partial charge in [-0.1, -0.05) is 78.9 Å². The topological polar surface area (TPSA) is 82.1 Å². The fourth-order valence-electron chi connectivity index (χ4n) is 5.49. The first kappa shape index (κ1) is 30.4. The van der Waals surface area contributed by atoms with Crippen LogP contribution in [0.25, 0.3) is 0 Å². The molecule has 4 aromatic carbocycles. The van der Waals surface area contributed by atoms with Crippen LogP contribution in [-0.2, 0) is 19.9 Å². The average molecular weight is 589 g/mol. The maximum absolute atomic E-state index is 13.7. The van der Waals surface area contributed by atoms with E-state index in [1.165, 1.54) is 0 Å². The van der Waals surface area contributed by atoms with Crippen molar-refractivity contribution in [2.24, 2.45) is 11.8 Å². The fraction of sp³-hybridized carbons (Fsp3) is 0.189. The van der Waals surface area contributed by atoms with Crippen molar-refractivity contribution < 1.29 is 28.6 Å². The van der Waals surface area contributed by atoms with Crippen LogP contribution < -0.4 is 9.47 Å². The van der Waals surface area contributed by atoms with Gasteiger partial charge in [0.25, 0.3) is 11.8 Å². The van der Waals surface area contributed by atoms with E-state index in [1.54, 1.807) is 57.6 Å². The molecule has 2 atom stereocenters. The summed E-state index contributed by atoms with van der Waals surface area (Å²) >= 11 is 0. The summed E-state index contributed by atoms with van der Waals surface area (Å²) in [6.45, 7) is 5.92. The van der Waals surface area contributed by atoms with Crippen LogP contribution in [0.5, 0.6) is 11.5 Å². The standard InChI is InChI=1S/C37H34NO6/c1-25-23-33(36(41)38(34(25)39)35(40)27-11-7-5-8-12-27)26(2)24-44-37(28-13-9-6-10-14-28,29-15-19-31(42-3)20-16-29)30-17-21-32(43-4)22-18-30/h5-23,26,33H,2,24H2,1,3-4H3/t26-,33+/m0/s1. The van der Waals surface area contributed by atoms with Gasteiger partial charge in [-0.05, 0) is 72.9 Å². The first-order valence-electron chi connectivity index (χ1n) is 14.3. The van der Waals surface area contributed by atoms with Gasteiger partial charge >= 0.3 is 0 Å². The maximum Gasteiger partial charge on any atom is 0.267 e. The van der Waals surface area contributed by atoms with Gasteiger partial charge in [0.2, 0.25) is 5.91 Å². The maximum atomic E-state index is 13.7. The van der Waals surface area contributed by atoms with Crippen molar-refractivity contribution in [3.63, 3.8) is 0 Å². The second-order valence-corrected chi connectivity index (χ2v) is 10.6. The third kappa shape index (κ3) is 5.79. The van der Waals surface area contributed by atoms with Gasteiger partial charge < -0.3 is 14.2 Å². The van der Waals surface area contributed by atoms with Crippen LogP contribution in [0.15, 0.2) is 121 Å². The molecule has 0 unspecified atom stereocenters. The van der Waals surface area contributed by atoms with E-state index >= 15 is 0 Å². The molecule has 0 aromatic heterocycles. The molecular weight excluding hydrogens is 554 g/mol. The highest BCUT2D eigenvalue weighted by Crippen LogP contribution is 2.42. The summed E-state index contributed by atoms with van der Waals surface area (Å²) in [5.41, 5.74) is 1.97. The summed E-state index contributed by atoms with van der Waals surface area (Å²) in [6, 6.07) is 33.4. The molecule has 7 nitrogen and oxygen atoms in total. The van der Waals surface area contributed by atoms with Gasteiger partial charge in [0, 0.05) is 11.1 Å². The van der Waals surface area contributed by atoms with Gasteiger partial charge in [0.1, 0.15) is 17.1 Å². The van der Waals surface area contributed by atoms with Crippen LogP contribution in [0.4, 0.5) is 0 Å². The largest absolute Gasteiger partial charge is 0.497 e. The summed E-state index contributed by atoms with van der Waals surface area (Å²) in [5, 5.41) is 0. The predicted octanol–water partition coefficient (Wildman–Crippen LogP) is 6.23. The minimum absolute atomic E-state index is 0.0225. The van der Waals surface area contributed by atoms with E-state index in [9.17, 15) is 14.4 Å². The first-order chi connectivity index (χ1) is 21.3. The lowest BCUT2D eigenvalue weighted by Gasteiger charge is -2.38. The van der Waals surface area contributed by atoms with Gasteiger partial charge in [0.05, 0.1) is 26.7 Å². The van der Waals surface area contributed by atoms with Crippen molar-refractivity contribution in [3.05, 3.63) is 150 Å². The van der Waals surface area contributed by atoms with E-state index < -0.39 is 35.2 Å². The number of nitrogens with zero attached hydrogens (tertiary/aromatic N) is 1. The lowest BCUT2D eigenvalue weighted by Crippen LogP contribution is -2.50. The number of benzene rings is 4. The third-order valence-electron chi connectivity index (χ3n) is 7.89. The van der Waals surface area contributed by atoms with E-state index in [0.29, 0.717) is 17.1 Å². The highest BCUT2D eigenvalue weighted by molar-refractivity contribution is 6.22. The Kier molecular flexibility index (Phi) is 9.07. The smallest absolute Gasteiger partial charge is 0.267 e. The van der Waals surface area contributed by atoms with Crippen molar-refractivity contribution >= 4 is 17.7 Å². The van der Waals surface area contributed by atoms with Crippen LogP contribution in [0.1, 0.15) is 34.0 Å². The van der Waals surface area contributed by atoms with Crippen molar-refractivity contribution in [2.45, 2.75) is 12.5 Å². The van der Waals surface area contributed by atoms with Crippen LogP contribution in [0.3, 0.4) is 0 Å². The first-order valence-corrected chi connectivity index (χ1v) is 14.3. The number of rotatable bonds is 10. The number of hydrogen-bond donors (Lipinski definition) is 0. The summed E-state index contributed by atoms with van der Waals surface area (Å²) < 4.78 is 17.8. The van der Waals surface area contributed by atoms with E-state index in [4.69, 9.17) is 14.2 Å². The molecule has 1 radical (unpaired) electrons. The number of imide groups is 3. The molecule has 0 aliphatic carbocycles. The minimum atomic E-state index is -1.11. The second kappa shape index (κ2) is 13.1. The van der Waals surface area contributed by atoms with Crippen LogP contribution in [0.2, 0.25) is 0 Å². The van der Waals surface area contributed by atoms with Crippen molar-refractivity contribution in [1.82, 2.24) is 4.90 Å². The average Bonchev–Trinajstić information content (AvgIpc) is 3.08. The normalized spacial score (nSPS) is 15.9. The van der Waals surface area contributed by atoms with E-state index in [0.717, 1.165) is 21.6 Å². The Hall–Kier alpha value is -5.01. The van der Waals surface area contributed by atoms with Crippen molar-refractivity contribution in [2.75, 3.05) is 20.8 Å². The summed E-state index contributed by atoms with van der Waals surface area (Å²) in [6.07, 6.45) is 1.59. The monoisotopic (exact) mass is 588 g/mol. The zero-order valence-corrected chi connectivity index (χ0v) is 24.9. The number of ether oxygens (including phenoxy) is 3. The van der Waals surface area contributed by atoms with Crippen LogP contribution >= 0.6 is 0 Å². The molecule has 0 saturated heterocycles. The number of carbonyl (C=O) groups excluding carboxylic acids is 3. The molecular formula is C37H34NO6. The molecule has 1 heterocycles. The van der Waals surface area contributed by atoms with Gasteiger partial charge in [-0.25, -0.2) is 4.90 Å². The van der Waals surface area contributed by atoms with Crippen molar-refractivity contribution in [1.29, 1.82) is 0 Å². The number of hydrogen-bond acceptors (Lipinski definition) is 6. The second-order valence-electron chi connectivity index (χ2n) is 10.6. The lowest BCUT2D eigenvalue weighted by atomic mass is 9.79. The Bertz CT molecular complexity index is 1600. The van der Waals surface area contributed by atoms with Gasteiger partial charge in [-0.15, -0.1) is 0 Å². The Morgan fingerprint density at radius 3 is 1.75 bits per heavy atom. The molecule has 5 rings (SSSR count). The van der Waals surface area contributed by atoms with Gasteiger partial charge in [-0.2, -0.15) is 0 Å². The summed E-state index contributed by atoms with van der Waals surface area (Å²) in [5.74, 6) is -2.04. The van der Waals surface area contributed by atoms with Gasteiger partial charge in [-0.3, -0.25) is 14.4 Å². The van der Waals surface area contributed by atoms with Gasteiger partial charge in [0.15, 0.2) is 0 Å². The van der Waals surface area contributed by atoms with E-state index in [2.05, 4.69) is 6.92 Å². The zero-order chi connectivity index (χ0) is 31.3. The number of methoxy groups -OCH3 is 2. The minimum Gasteiger partial charge on any atom is -0.497 e. The Morgan fingerprint density at radius 2 is 1.25 bits per heavy atom. The summed E-state index contributed by atoms with van der Waals surface area (Å²) in [4.78, 5) is 40.8. The molecule has 223 valence electrons. The van der Waals surface area contributed by atoms with Crippen molar-refractivity contribution in [3.8, 4) is 11.5 Å². The molecule has 4 aromatic rings. The fourth-order valence-corrected chi connectivity index (χ4v) is 5.49. The quantitative estimate of drug-likeness (QED) is 0.161.